The first kappa shape index (κ1) is 18.9. The van der Waals surface area contributed by atoms with Gasteiger partial charge in [-0.15, -0.1) is 21.5 Å². The molecule has 0 aromatic carbocycles. The highest BCUT2D eigenvalue weighted by Gasteiger charge is 2.22. The predicted octanol–water partition coefficient (Wildman–Crippen LogP) is 2.26. The maximum Gasteiger partial charge on any atom is 0.277 e. The summed E-state index contributed by atoms with van der Waals surface area (Å²) in [5, 5.41) is 11.5. The average molecular weight is 417 g/mol. The van der Waals surface area contributed by atoms with E-state index in [1.54, 1.807) is 17.5 Å². The van der Waals surface area contributed by atoms with Crippen molar-refractivity contribution in [3.8, 4) is 0 Å². The highest BCUT2D eigenvalue weighted by Crippen LogP contribution is 2.20. The summed E-state index contributed by atoms with van der Waals surface area (Å²) >= 11 is 2.88. The second-order valence-corrected chi connectivity index (χ2v) is 8.33. The van der Waals surface area contributed by atoms with Crippen molar-refractivity contribution in [2.24, 2.45) is 0 Å². The summed E-state index contributed by atoms with van der Waals surface area (Å²) in [6, 6.07) is 5.87. The van der Waals surface area contributed by atoms with Gasteiger partial charge in [-0.3, -0.25) is 4.79 Å². The van der Waals surface area contributed by atoms with Crippen LogP contribution in [0.25, 0.3) is 0 Å². The molecule has 4 heterocycles. The molecular weight excluding hydrogens is 396 g/mol. The van der Waals surface area contributed by atoms with E-state index in [-0.39, 0.29) is 5.91 Å². The molecule has 0 bridgehead atoms. The third-order valence-corrected chi connectivity index (χ3v) is 6.00. The highest BCUT2D eigenvalue weighted by molar-refractivity contribution is 7.99. The Morgan fingerprint density at radius 1 is 1.25 bits per heavy atom. The first-order valence-corrected chi connectivity index (χ1v) is 10.8. The zero-order valence-electron chi connectivity index (χ0n) is 15.4. The van der Waals surface area contributed by atoms with Crippen molar-refractivity contribution in [3.05, 3.63) is 46.4 Å². The minimum absolute atomic E-state index is 0.0838. The van der Waals surface area contributed by atoms with Crippen LogP contribution in [0.3, 0.4) is 0 Å². The van der Waals surface area contributed by atoms with Crippen molar-refractivity contribution in [2.75, 3.05) is 36.8 Å². The summed E-state index contributed by atoms with van der Waals surface area (Å²) in [4.78, 5) is 25.3. The van der Waals surface area contributed by atoms with Gasteiger partial charge in [0, 0.05) is 37.8 Å². The van der Waals surface area contributed by atoms with Crippen LogP contribution in [-0.2, 0) is 11.2 Å². The predicted molar refractivity (Wildman–Crippen MR) is 108 cm³/mol. The number of nitrogens with zero attached hydrogens (tertiary/aromatic N) is 6. The summed E-state index contributed by atoms with van der Waals surface area (Å²) in [5.41, 5.74) is 0.921. The number of aromatic nitrogens is 4. The van der Waals surface area contributed by atoms with Gasteiger partial charge in [-0.05, 0) is 19.1 Å². The molecule has 0 N–H and O–H groups in total. The monoisotopic (exact) mass is 416 g/mol. The van der Waals surface area contributed by atoms with Crippen LogP contribution in [0.1, 0.15) is 16.6 Å². The zero-order valence-corrected chi connectivity index (χ0v) is 17.1. The third kappa shape index (κ3) is 4.68. The normalized spacial score (nSPS) is 14.5. The molecule has 1 aliphatic rings. The van der Waals surface area contributed by atoms with Gasteiger partial charge < -0.3 is 14.2 Å². The number of piperazine rings is 1. The molecule has 4 rings (SSSR count). The number of thioether (sulfide) groups is 1. The van der Waals surface area contributed by atoms with Gasteiger partial charge in [0.2, 0.25) is 11.8 Å². The lowest BCUT2D eigenvalue weighted by Gasteiger charge is -2.35. The van der Waals surface area contributed by atoms with Gasteiger partial charge in [0.05, 0.1) is 22.9 Å². The van der Waals surface area contributed by atoms with Crippen molar-refractivity contribution in [3.63, 3.8) is 0 Å². The number of hydrogen-bond acceptors (Lipinski definition) is 9. The smallest absolute Gasteiger partial charge is 0.277 e. The van der Waals surface area contributed by atoms with Gasteiger partial charge in [-0.1, -0.05) is 17.8 Å². The second-order valence-electron chi connectivity index (χ2n) is 6.34. The average Bonchev–Trinajstić information content (AvgIpc) is 3.36. The van der Waals surface area contributed by atoms with Crippen LogP contribution in [0.4, 0.5) is 5.82 Å². The lowest BCUT2D eigenvalue weighted by Crippen LogP contribution is -2.49. The van der Waals surface area contributed by atoms with Gasteiger partial charge in [-0.2, -0.15) is 0 Å². The van der Waals surface area contributed by atoms with E-state index in [2.05, 4.69) is 25.1 Å². The maximum atomic E-state index is 12.5. The SMILES string of the molecule is Cc1nc(Cc2nnc(SCC(=O)N3CCN(c4ccccn4)CC3)o2)cs1. The van der Waals surface area contributed by atoms with Crippen LogP contribution in [0.5, 0.6) is 0 Å². The van der Waals surface area contributed by atoms with Gasteiger partial charge in [-0.25, -0.2) is 9.97 Å². The molecule has 10 heteroatoms. The van der Waals surface area contributed by atoms with Crippen molar-refractivity contribution >= 4 is 34.8 Å². The molecule has 0 unspecified atom stereocenters. The number of thiazole rings is 1. The van der Waals surface area contributed by atoms with E-state index in [9.17, 15) is 4.79 Å². The van der Waals surface area contributed by atoms with Crippen LogP contribution in [-0.4, -0.2) is 62.9 Å². The molecule has 28 heavy (non-hydrogen) atoms. The minimum Gasteiger partial charge on any atom is -0.416 e. The third-order valence-electron chi connectivity index (χ3n) is 4.37. The molecule has 3 aromatic heterocycles. The topological polar surface area (TPSA) is 88.3 Å². The van der Waals surface area contributed by atoms with Gasteiger partial charge >= 0.3 is 0 Å². The Labute approximate surface area is 171 Å². The van der Waals surface area contributed by atoms with Crippen LogP contribution >= 0.6 is 23.1 Å². The molecule has 1 aliphatic heterocycles. The molecule has 1 amide bonds. The highest BCUT2D eigenvalue weighted by atomic mass is 32.2. The van der Waals surface area contributed by atoms with Crippen molar-refractivity contribution in [2.45, 2.75) is 18.6 Å². The molecule has 0 radical (unpaired) electrons. The number of amides is 1. The molecular formula is C18H20N6O2S2. The number of carbonyl (C=O) groups is 1. The quantitative estimate of drug-likeness (QED) is 0.566. The largest absolute Gasteiger partial charge is 0.416 e. The van der Waals surface area contributed by atoms with Crippen LogP contribution in [0, 0.1) is 6.92 Å². The van der Waals surface area contributed by atoms with Gasteiger partial charge in [0.1, 0.15) is 5.82 Å². The van der Waals surface area contributed by atoms with E-state index in [1.807, 2.05) is 35.4 Å². The minimum atomic E-state index is 0.0838. The molecule has 8 nitrogen and oxygen atoms in total. The lowest BCUT2D eigenvalue weighted by atomic mass is 10.3. The molecule has 0 atom stereocenters. The Hall–Kier alpha value is -2.46. The number of rotatable bonds is 6. The number of anilines is 1. The molecule has 0 saturated carbocycles. The van der Waals surface area contributed by atoms with E-state index in [1.165, 1.54) is 11.8 Å². The van der Waals surface area contributed by atoms with Crippen LogP contribution in [0.15, 0.2) is 39.4 Å². The fourth-order valence-corrected chi connectivity index (χ4v) is 4.25. The van der Waals surface area contributed by atoms with Crippen molar-refractivity contribution in [1.29, 1.82) is 0 Å². The number of hydrogen-bond donors (Lipinski definition) is 0. The van der Waals surface area contributed by atoms with E-state index >= 15 is 0 Å². The molecule has 3 aromatic rings. The Bertz CT molecular complexity index is 921. The standard InChI is InChI=1S/C18H20N6O2S2/c1-13-20-14(11-27-13)10-16-21-22-18(26-16)28-12-17(25)24-8-6-23(7-9-24)15-4-2-3-5-19-15/h2-5,11H,6-10,12H2,1H3. The van der Waals surface area contributed by atoms with Crippen LogP contribution < -0.4 is 4.90 Å². The van der Waals surface area contributed by atoms with Crippen molar-refractivity contribution < 1.29 is 9.21 Å². The summed E-state index contributed by atoms with van der Waals surface area (Å²) in [7, 11) is 0. The van der Waals surface area contributed by atoms with Crippen LogP contribution in [0.2, 0.25) is 0 Å². The molecule has 0 spiro atoms. The fourth-order valence-electron chi connectivity index (χ4n) is 2.95. The van der Waals surface area contributed by atoms with Gasteiger partial charge in [0.15, 0.2) is 0 Å². The Balaban J connectivity index is 1.24. The number of carbonyl (C=O) groups excluding carboxylic acids is 1. The summed E-state index contributed by atoms with van der Waals surface area (Å²) < 4.78 is 5.63. The Kier molecular flexibility index (Phi) is 5.87. The summed E-state index contributed by atoms with van der Waals surface area (Å²) in [6.07, 6.45) is 2.30. The van der Waals surface area contributed by atoms with E-state index < -0.39 is 0 Å². The second kappa shape index (κ2) is 8.70. The van der Waals surface area contributed by atoms with E-state index in [0.29, 0.717) is 36.4 Å². The molecule has 1 saturated heterocycles. The first-order valence-electron chi connectivity index (χ1n) is 8.97. The van der Waals surface area contributed by atoms with Gasteiger partial charge in [0.25, 0.3) is 5.22 Å². The number of aryl methyl sites for hydroxylation is 1. The molecule has 146 valence electrons. The molecule has 1 fully saturated rings. The first-order chi connectivity index (χ1) is 13.7. The zero-order chi connectivity index (χ0) is 19.3. The maximum absolute atomic E-state index is 12.5. The van der Waals surface area contributed by atoms with E-state index in [4.69, 9.17) is 4.42 Å². The Morgan fingerprint density at radius 2 is 2.11 bits per heavy atom. The van der Waals surface area contributed by atoms with E-state index in [0.717, 1.165) is 29.6 Å². The fraction of sp³-hybridized carbons (Fsp3) is 0.389. The summed E-state index contributed by atoms with van der Waals surface area (Å²) in [5.74, 6) is 1.85. The van der Waals surface area contributed by atoms with Crippen molar-refractivity contribution in [1.82, 2.24) is 25.1 Å². The Morgan fingerprint density at radius 3 is 2.82 bits per heavy atom. The lowest BCUT2D eigenvalue weighted by molar-refractivity contribution is -0.128. The molecule has 0 aliphatic carbocycles. The number of pyridine rings is 1. The summed E-state index contributed by atoms with van der Waals surface area (Å²) in [6.45, 7) is 4.91.